The standard InChI is InChI=1S/C17H17BrFNO3/c1-11(23-16-8-5-13(18)9-15(16)19)17(21)20-10-12-3-6-14(22-2)7-4-12/h3-9,11H,10H2,1-2H3,(H,20,21)/t11-/m0/s1. The second kappa shape index (κ2) is 7.97. The summed E-state index contributed by atoms with van der Waals surface area (Å²) in [7, 11) is 1.59. The fourth-order valence-corrected chi connectivity index (χ4v) is 2.22. The minimum absolute atomic E-state index is 0.0419. The normalized spacial score (nSPS) is 11.7. The summed E-state index contributed by atoms with van der Waals surface area (Å²) in [5, 5.41) is 2.75. The molecule has 0 radical (unpaired) electrons. The molecule has 0 saturated carbocycles. The summed E-state index contributed by atoms with van der Waals surface area (Å²) in [6.45, 7) is 1.93. The van der Waals surface area contributed by atoms with Crippen molar-refractivity contribution in [3.05, 3.63) is 58.3 Å². The summed E-state index contributed by atoms with van der Waals surface area (Å²) in [6, 6.07) is 11.8. The minimum Gasteiger partial charge on any atom is -0.497 e. The van der Waals surface area contributed by atoms with Gasteiger partial charge < -0.3 is 14.8 Å². The number of methoxy groups -OCH3 is 1. The van der Waals surface area contributed by atoms with E-state index >= 15 is 0 Å². The largest absolute Gasteiger partial charge is 0.497 e. The SMILES string of the molecule is COc1ccc(CNC(=O)[C@H](C)Oc2ccc(Br)cc2F)cc1. The summed E-state index contributed by atoms with van der Waals surface area (Å²) in [6.07, 6.45) is -0.802. The molecule has 6 heteroatoms. The van der Waals surface area contributed by atoms with E-state index in [9.17, 15) is 9.18 Å². The molecule has 0 spiro atoms. The molecule has 2 aromatic carbocycles. The van der Waals surface area contributed by atoms with Crippen LogP contribution >= 0.6 is 15.9 Å². The average molecular weight is 382 g/mol. The highest BCUT2D eigenvalue weighted by molar-refractivity contribution is 9.10. The number of ether oxygens (including phenoxy) is 2. The molecule has 1 atom stereocenters. The van der Waals surface area contributed by atoms with Crippen LogP contribution in [0.3, 0.4) is 0 Å². The Labute approximate surface area is 142 Å². The molecule has 0 aromatic heterocycles. The summed E-state index contributed by atoms with van der Waals surface area (Å²) in [4.78, 5) is 12.0. The molecule has 0 heterocycles. The highest BCUT2D eigenvalue weighted by Crippen LogP contribution is 2.22. The van der Waals surface area contributed by atoms with Gasteiger partial charge in [-0.05, 0) is 42.8 Å². The van der Waals surface area contributed by atoms with E-state index in [1.165, 1.54) is 12.1 Å². The fourth-order valence-electron chi connectivity index (χ4n) is 1.89. The number of rotatable bonds is 6. The van der Waals surface area contributed by atoms with Crippen LogP contribution in [0.15, 0.2) is 46.9 Å². The van der Waals surface area contributed by atoms with Gasteiger partial charge >= 0.3 is 0 Å². The van der Waals surface area contributed by atoms with Gasteiger partial charge in [-0.2, -0.15) is 0 Å². The molecule has 23 heavy (non-hydrogen) atoms. The van der Waals surface area contributed by atoms with E-state index in [1.54, 1.807) is 20.1 Å². The Bertz CT molecular complexity index is 676. The van der Waals surface area contributed by atoms with Gasteiger partial charge in [-0.3, -0.25) is 4.79 Å². The lowest BCUT2D eigenvalue weighted by molar-refractivity contribution is -0.127. The van der Waals surface area contributed by atoms with Gasteiger partial charge in [-0.25, -0.2) is 4.39 Å². The molecule has 0 aliphatic carbocycles. The number of benzene rings is 2. The quantitative estimate of drug-likeness (QED) is 0.829. The van der Waals surface area contributed by atoms with Crippen molar-refractivity contribution >= 4 is 21.8 Å². The zero-order valence-electron chi connectivity index (χ0n) is 12.8. The molecule has 1 amide bonds. The van der Waals surface area contributed by atoms with Crippen molar-refractivity contribution in [3.63, 3.8) is 0 Å². The van der Waals surface area contributed by atoms with E-state index in [1.807, 2.05) is 24.3 Å². The van der Waals surface area contributed by atoms with E-state index in [0.717, 1.165) is 11.3 Å². The Hall–Kier alpha value is -2.08. The second-order valence-electron chi connectivity index (χ2n) is 4.90. The highest BCUT2D eigenvalue weighted by atomic mass is 79.9. The smallest absolute Gasteiger partial charge is 0.261 e. The van der Waals surface area contributed by atoms with Gasteiger partial charge in [0.05, 0.1) is 7.11 Å². The highest BCUT2D eigenvalue weighted by Gasteiger charge is 2.16. The second-order valence-corrected chi connectivity index (χ2v) is 5.82. The fraction of sp³-hybridized carbons (Fsp3) is 0.235. The Morgan fingerprint density at radius 1 is 1.26 bits per heavy atom. The summed E-state index contributed by atoms with van der Waals surface area (Å²) in [5.41, 5.74) is 0.932. The third-order valence-electron chi connectivity index (χ3n) is 3.19. The molecule has 4 nitrogen and oxygen atoms in total. The molecular formula is C17H17BrFNO3. The van der Waals surface area contributed by atoms with Crippen LogP contribution in [0.2, 0.25) is 0 Å². The number of hydrogen-bond acceptors (Lipinski definition) is 3. The van der Waals surface area contributed by atoms with Crippen LogP contribution in [0.25, 0.3) is 0 Å². The molecule has 0 aliphatic rings. The van der Waals surface area contributed by atoms with Crippen molar-refractivity contribution in [2.24, 2.45) is 0 Å². The Balaban J connectivity index is 1.89. The maximum atomic E-state index is 13.7. The first-order valence-electron chi connectivity index (χ1n) is 7.02. The molecular weight excluding hydrogens is 365 g/mol. The number of amides is 1. The molecule has 0 unspecified atom stereocenters. The van der Waals surface area contributed by atoms with Gasteiger partial charge in [0.1, 0.15) is 5.75 Å². The molecule has 0 bridgehead atoms. The first-order valence-corrected chi connectivity index (χ1v) is 7.81. The van der Waals surface area contributed by atoms with Crippen molar-refractivity contribution in [1.82, 2.24) is 5.32 Å². The summed E-state index contributed by atoms with van der Waals surface area (Å²) in [5.74, 6) is -0.0416. The van der Waals surface area contributed by atoms with E-state index in [0.29, 0.717) is 11.0 Å². The topological polar surface area (TPSA) is 47.6 Å². The predicted octanol–water partition coefficient (Wildman–Crippen LogP) is 3.68. The number of halogens is 2. The van der Waals surface area contributed by atoms with Crippen molar-refractivity contribution in [2.45, 2.75) is 19.6 Å². The third-order valence-corrected chi connectivity index (χ3v) is 3.69. The van der Waals surface area contributed by atoms with E-state index in [2.05, 4.69) is 21.2 Å². The maximum absolute atomic E-state index is 13.7. The molecule has 2 rings (SSSR count). The number of carbonyl (C=O) groups is 1. The first-order chi connectivity index (χ1) is 11.0. The van der Waals surface area contributed by atoms with Crippen LogP contribution in [-0.2, 0) is 11.3 Å². The monoisotopic (exact) mass is 381 g/mol. The molecule has 0 fully saturated rings. The van der Waals surface area contributed by atoms with Crippen LogP contribution < -0.4 is 14.8 Å². The van der Waals surface area contributed by atoms with Crippen molar-refractivity contribution in [1.29, 1.82) is 0 Å². The summed E-state index contributed by atoms with van der Waals surface area (Å²) >= 11 is 3.17. The van der Waals surface area contributed by atoms with Crippen LogP contribution in [0.4, 0.5) is 4.39 Å². The lowest BCUT2D eigenvalue weighted by Gasteiger charge is -2.15. The average Bonchev–Trinajstić information content (AvgIpc) is 2.55. The van der Waals surface area contributed by atoms with Crippen LogP contribution in [0.1, 0.15) is 12.5 Å². The van der Waals surface area contributed by atoms with Gasteiger partial charge in [-0.15, -0.1) is 0 Å². The van der Waals surface area contributed by atoms with E-state index in [4.69, 9.17) is 9.47 Å². The van der Waals surface area contributed by atoms with Gasteiger partial charge in [0.15, 0.2) is 17.7 Å². The van der Waals surface area contributed by atoms with Crippen LogP contribution in [0, 0.1) is 5.82 Å². The molecule has 122 valence electrons. The van der Waals surface area contributed by atoms with E-state index in [-0.39, 0.29) is 11.7 Å². The maximum Gasteiger partial charge on any atom is 0.261 e. The zero-order chi connectivity index (χ0) is 16.8. The Kier molecular flexibility index (Phi) is 5.98. The molecule has 1 N–H and O–H groups in total. The molecule has 2 aromatic rings. The lowest BCUT2D eigenvalue weighted by Crippen LogP contribution is -2.36. The minimum atomic E-state index is -0.802. The van der Waals surface area contributed by atoms with Crippen LogP contribution in [0.5, 0.6) is 11.5 Å². The van der Waals surface area contributed by atoms with Gasteiger partial charge in [0.2, 0.25) is 0 Å². The van der Waals surface area contributed by atoms with Gasteiger partial charge in [0, 0.05) is 11.0 Å². The first kappa shape index (κ1) is 17.3. The van der Waals surface area contributed by atoms with Gasteiger partial charge in [0.25, 0.3) is 5.91 Å². The van der Waals surface area contributed by atoms with Crippen molar-refractivity contribution < 1.29 is 18.7 Å². The van der Waals surface area contributed by atoms with Crippen LogP contribution in [-0.4, -0.2) is 19.1 Å². The lowest BCUT2D eigenvalue weighted by atomic mass is 10.2. The number of nitrogens with one attached hydrogen (secondary N) is 1. The van der Waals surface area contributed by atoms with E-state index < -0.39 is 11.9 Å². The Morgan fingerprint density at radius 3 is 2.57 bits per heavy atom. The molecule has 0 aliphatic heterocycles. The summed E-state index contributed by atoms with van der Waals surface area (Å²) < 4.78 is 24.7. The Morgan fingerprint density at radius 2 is 1.96 bits per heavy atom. The number of carbonyl (C=O) groups excluding carboxylic acids is 1. The zero-order valence-corrected chi connectivity index (χ0v) is 14.4. The third kappa shape index (κ3) is 4.96. The van der Waals surface area contributed by atoms with Gasteiger partial charge in [-0.1, -0.05) is 28.1 Å². The van der Waals surface area contributed by atoms with Crippen molar-refractivity contribution in [2.75, 3.05) is 7.11 Å². The number of hydrogen-bond donors (Lipinski definition) is 1. The predicted molar refractivity (Wildman–Crippen MR) is 89.0 cm³/mol. The van der Waals surface area contributed by atoms with Crippen molar-refractivity contribution in [3.8, 4) is 11.5 Å². The molecule has 0 saturated heterocycles.